The van der Waals surface area contributed by atoms with Crippen molar-refractivity contribution >= 4 is 0 Å². The van der Waals surface area contributed by atoms with Gasteiger partial charge in [-0.25, -0.2) is 0 Å². The highest BCUT2D eigenvalue weighted by Gasteiger charge is 2.75. The van der Waals surface area contributed by atoms with Crippen LogP contribution in [-0.2, 0) is 14.2 Å². The SMILES string of the molecule is C[C@@H](O)C=C[C@@]12O[C@]1(C)C[C@@H](O[C@@H]1O[C@H](CO)[C@@H](O)[C@H](O)[C@H]1O)CC2(C)C. The number of rotatable bonds is 5. The third kappa shape index (κ3) is 3.47. The molecule has 0 unspecified atom stereocenters. The summed E-state index contributed by atoms with van der Waals surface area (Å²) in [5.74, 6) is 0. The maximum atomic E-state index is 10.2. The molecule has 5 N–H and O–H groups in total. The number of aliphatic hydroxyl groups excluding tert-OH is 5. The van der Waals surface area contributed by atoms with Crippen molar-refractivity contribution in [1.82, 2.24) is 0 Å². The minimum atomic E-state index is -1.46. The van der Waals surface area contributed by atoms with Crippen LogP contribution in [0.15, 0.2) is 12.2 Å². The second-order valence-electron chi connectivity index (χ2n) is 8.92. The molecule has 0 bridgehead atoms. The van der Waals surface area contributed by atoms with Crippen molar-refractivity contribution in [3.05, 3.63) is 12.2 Å². The molecule has 8 heteroatoms. The quantitative estimate of drug-likeness (QED) is 0.313. The van der Waals surface area contributed by atoms with Crippen LogP contribution in [-0.4, -0.2) is 86.3 Å². The van der Waals surface area contributed by atoms with Crippen LogP contribution in [0.5, 0.6) is 0 Å². The molecule has 8 nitrogen and oxygen atoms in total. The molecule has 0 aromatic rings. The fourth-order valence-electron chi connectivity index (χ4n) is 4.78. The maximum Gasteiger partial charge on any atom is 0.186 e. The first kappa shape index (κ1) is 21.1. The molecule has 0 radical (unpaired) electrons. The Kier molecular flexibility index (Phi) is 5.51. The Morgan fingerprint density at radius 2 is 1.78 bits per heavy atom. The van der Waals surface area contributed by atoms with E-state index in [1.807, 2.05) is 13.0 Å². The Morgan fingerprint density at radius 1 is 1.11 bits per heavy atom. The van der Waals surface area contributed by atoms with Crippen LogP contribution >= 0.6 is 0 Å². The lowest BCUT2D eigenvalue weighted by molar-refractivity contribution is -0.315. The van der Waals surface area contributed by atoms with Crippen molar-refractivity contribution < 1.29 is 39.7 Å². The van der Waals surface area contributed by atoms with Gasteiger partial charge in [0.25, 0.3) is 0 Å². The van der Waals surface area contributed by atoms with Gasteiger partial charge < -0.3 is 39.7 Å². The molecule has 0 aromatic carbocycles. The first-order chi connectivity index (χ1) is 12.5. The lowest BCUT2D eigenvalue weighted by Gasteiger charge is -2.44. The summed E-state index contributed by atoms with van der Waals surface area (Å²) in [4.78, 5) is 0. The van der Waals surface area contributed by atoms with Crippen molar-refractivity contribution in [3.8, 4) is 0 Å². The first-order valence-electron chi connectivity index (χ1n) is 9.50. The van der Waals surface area contributed by atoms with Gasteiger partial charge >= 0.3 is 0 Å². The third-order valence-electron chi connectivity index (χ3n) is 6.28. The molecule has 0 aromatic heterocycles. The summed E-state index contributed by atoms with van der Waals surface area (Å²) in [5, 5.41) is 49.0. The average Bonchev–Trinajstić information content (AvgIpc) is 3.20. The summed E-state index contributed by atoms with van der Waals surface area (Å²) in [7, 11) is 0. The molecule has 3 rings (SSSR count). The molecule has 2 heterocycles. The molecule has 2 saturated heterocycles. The van der Waals surface area contributed by atoms with Gasteiger partial charge in [0.15, 0.2) is 6.29 Å². The van der Waals surface area contributed by atoms with E-state index in [0.717, 1.165) is 0 Å². The molecule has 3 fully saturated rings. The Hall–Kier alpha value is -0.580. The predicted octanol–water partition coefficient (Wildman–Crippen LogP) is -0.544. The van der Waals surface area contributed by atoms with Gasteiger partial charge in [-0.05, 0) is 20.3 Å². The second kappa shape index (κ2) is 7.03. The summed E-state index contributed by atoms with van der Waals surface area (Å²) in [6.07, 6.45) is -2.47. The molecule has 156 valence electrons. The van der Waals surface area contributed by atoms with Gasteiger partial charge in [0.2, 0.25) is 0 Å². The lowest BCUT2D eigenvalue weighted by atomic mass is 9.63. The van der Waals surface area contributed by atoms with Crippen molar-refractivity contribution in [2.45, 2.75) is 94.7 Å². The van der Waals surface area contributed by atoms with E-state index in [1.54, 1.807) is 13.0 Å². The van der Waals surface area contributed by atoms with Gasteiger partial charge in [-0.3, -0.25) is 0 Å². The Labute approximate surface area is 159 Å². The van der Waals surface area contributed by atoms with Gasteiger partial charge in [-0.1, -0.05) is 26.0 Å². The minimum absolute atomic E-state index is 0.301. The number of aliphatic hydroxyl groups is 5. The molecule has 0 amide bonds. The normalized spacial score (nSPS) is 50.4. The van der Waals surface area contributed by atoms with Crippen LogP contribution in [0.1, 0.15) is 40.5 Å². The van der Waals surface area contributed by atoms with Gasteiger partial charge in [-0.2, -0.15) is 0 Å². The highest BCUT2D eigenvalue weighted by molar-refractivity contribution is 5.32. The smallest absolute Gasteiger partial charge is 0.186 e. The summed E-state index contributed by atoms with van der Waals surface area (Å²) < 4.78 is 17.6. The molecule has 1 saturated carbocycles. The predicted molar refractivity (Wildman–Crippen MR) is 94.7 cm³/mol. The molecule has 2 aliphatic heterocycles. The monoisotopic (exact) mass is 388 g/mol. The van der Waals surface area contributed by atoms with Crippen LogP contribution < -0.4 is 0 Å². The summed E-state index contributed by atoms with van der Waals surface area (Å²) in [5.41, 5.74) is -1.27. The zero-order chi connectivity index (χ0) is 20.2. The van der Waals surface area contributed by atoms with Crippen molar-refractivity contribution in [2.24, 2.45) is 5.41 Å². The Morgan fingerprint density at radius 3 is 2.33 bits per heavy atom. The number of ether oxygens (including phenoxy) is 3. The Bertz CT molecular complexity index is 576. The third-order valence-corrected chi connectivity index (χ3v) is 6.28. The van der Waals surface area contributed by atoms with Crippen LogP contribution in [0.3, 0.4) is 0 Å². The highest BCUT2D eigenvalue weighted by Crippen LogP contribution is 2.66. The zero-order valence-corrected chi connectivity index (χ0v) is 16.3. The van der Waals surface area contributed by atoms with Crippen LogP contribution in [0.4, 0.5) is 0 Å². The standard InChI is InChI=1S/C19H32O8/c1-10(21)5-6-19-17(2,3)7-11(8-18(19,4)27-19)25-16-15(24)14(23)13(22)12(9-20)26-16/h5-6,10-16,20-24H,7-9H2,1-4H3/t10-,11+,12-,13-,14+,15-,16-,18-,19+/m1/s1. The van der Waals surface area contributed by atoms with Crippen molar-refractivity contribution in [2.75, 3.05) is 6.61 Å². The number of epoxide rings is 1. The molecular weight excluding hydrogens is 356 g/mol. The summed E-state index contributed by atoms with van der Waals surface area (Å²) in [6, 6.07) is 0. The fraction of sp³-hybridized carbons (Fsp3) is 0.895. The van der Waals surface area contributed by atoms with E-state index >= 15 is 0 Å². The first-order valence-corrected chi connectivity index (χ1v) is 9.50. The molecule has 1 aliphatic carbocycles. The van der Waals surface area contributed by atoms with E-state index in [9.17, 15) is 25.5 Å². The van der Waals surface area contributed by atoms with Crippen LogP contribution in [0.2, 0.25) is 0 Å². The van der Waals surface area contributed by atoms with Gasteiger partial charge in [0.1, 0.15) is 35.6 Å². The molecule has 0 spiro atoms. The van der Waals surface area contributed by atoms with Gasteiger partial charge in [-0.15, -0.1) is 0 Å². The van der Waals surface area contributed by atoms with Gasteiger partial charge in [0, 0.05) is 11.8 Å². The van der Waals surface area contributed by atoms with E-state index < -0.39 is 54.6 Å². The van der Waals surface area contributed by atoms with E-state index in [0.29, 0.717) is 12.8 Å². The van der Waals surface area contributed by atoms with E-state index in [-0.39, 0.29) is 11.5 Å². The minimum Gasteiger partial charge on any atom is -0.394 e. The number of fused-ring (bicyclic) bond motifs is 1. The molecule has 3 aliphatic rings. The zero-order valence-electron chi connectivity index (χ0n) is 16.3. The fourth-order valence-corrected chi connectivity index (χ4v) is 4.78. The average molecular weight is 388 g/mol. The van der Waals surface area contributed by atoms with Gasteiger partial charge in [0.05, 0.1) is 18.8 Å². The molecular formula is C19H32O8. The molecule has 9 atom stereocenters. The molecule has 27 heavy (non-hydrogen) atoms. The number of hydrogen-bond donors (Lipinski definition) is 5. The van der Waals surface area contributed by atoms with Crippen molar-refractivity contribution in [3.63, 3.8) is 0 Å². The lowest BCUT2D eigenvalue weighted by Crippen LogP contribution is -2.60. The second-order valence-corrected chi connectivity index (χ2v) is 8.92. The van der Waals surface area contributed by atoms with E-state index in [4.69, 9.17) is 14.2 Å². The maximum absolute atomic E-state index is 10.2. The number of hydrogen-bond acceptors (Lipinski definition) is 8. The topological polar surface area (TPSA) is 132 Å². The van der Waals surface area contributed by atoms with Crippen LogP contribution in [0.25, 0.3) is 0 Å². The van der Waals surface area contributed by atoms with E-state index in [2.05, 4.69) is 13.8 Å². The van der Waals surface area contributed by atoms with Crippen LogP contribution in [0, 0.1) is 5.41 Å². The van der Waals surface area contributed by atoms with E-state index in [1.165, 1.54) is 0 Å². The highest BCUT2D eigenvalue weighted by atomic mass is 16.7. The van der Waals surface area contributed by atoms with Crippen molar-refractivity contribution in [1.29, 1.82) is 0 Å². The largest absolute Gasteiger partial charge is 0.394 e. The summed E-state index contributed by atoms with van der Waals surface area (Å²) in [6.45, 7) is 7.31. The summed E-state index contributed by atoms with van der Waals surface area (Å²) >= 11 is 0. The Balaban J connectivity index is 1.72.